The number of fused-ring (bicyclic) bond motifs is 1. The summed E-state index contributed by atoms with van der Waals surface area (Å²) in [7, 11) is 0. The number of ether oxygens (including phenoxy) is 2. The van der Waals surface area contributed by atoms with E-state index in [0.29, 0.717) is 17.1 Å². The normalized spacial score (nSPS) is 15.7. The largest absolute Gasteiger partial charge is 0.479 e. The number of nitrogens with one attached hydrogen (secondary N) is 1. The summed E-state index contributed by atoms with van der Waals surface area (Å²) in [6.07, 6.45) is 0. The highest BCUT2D eigenvalue weighted by Crippen LogP contribution is 2.32. The van der Waals surface area contributed by atoms with Crippen LogP contribution in [-0.4, -0.2) is 41.0 Å². The second-order valence-corrected chi connectivity index (χ2v) is 4.33. The molecule has 1 unspecified atom stereocenters. The van der Waals surface area contributed by atoms with Crippen LogP contribution < -0.4 is 14.8 Å². The van der Waals surface area contributed by atoms with Gasteiger partial charge in [-0.1, -0.05) is 0 Å². The number of benzene rings is 1. The van der Waals surface area contributed by atoms with Crippen LogP contribution in [0.3, 0.4) is 0 Å². The minimum atomic E-state index is -2.01. The molecule has 1 aromatic carbocycles. The molecule has 0 saturated carbocycles. The van der Waals surface area contributed by atoms with Gasteiger partial charge in [-0.25, -0.2) is 4.79 Å². The molecule has 0 spiro atoms. The summed E-state index contributed by atoms with van der Waals surface area (Å²) in [5.41, 5.74) is -1.71. The summed E-state index contributed by atoms with van der Waals surface area (Å²) in [4.78, 5) is 22.5. The number of aliphatic hydroxyl groups is 1. The molecule has 0 saturated heterocycles. The Morgan fingerprint density at radius 1 is 1.37 bits per heavy atom. The molecular weight excluding hydrogens is 254 g/mol. The average Bonchev–Trinajstić information content (AvgIpc) is 2.82. The van der Waals surface area contributed by atoms with Crippen molar-refractivity contribution < 1.29 is 29.3 Å². The van der Waals surface area contributed by atoms with Gasteiger partial charge < -0.3 is 25.0 Å². The molecule has 0 aliphatic carbocycles. The molecule has 0 aromatic heterocycles. The lowest BCUT2D eigenvalue weighted by molar-refractivity contribution is -0.155. The molecule has 19 heavy (non-hydrogen) atoms. The summed E-state index contributed by atoms with van der Waals surface area (Å²) in [6.45, 7) is 0.818. The average molecular weight is 267 g/mol. The number of carbonyl (C=O) groups excluding carboxylic acids is 1. The smallest absolute Gasteiger partial charge is 0.337 e. The van der Waals surface area contributed by atoms with Crippen LogP contribution in [0, 0.1) is 0 Å². The lowest BCUT2D eigenvalue weighted by atomic mass is 10.1. The monoisotopic (exact) mass is 267 g/mol. The van der Waals surface area contributed by atoms with Crippen molar-refractivity contribution in [1.29, 1.82) is 0 Å². The Hall–Kier alpha value is -2.28. The minimum Gasteiger partial charge on any atom is -0.479 e. The van der Waals surface area contributed by atoms with Gasteiger partial charge in [0.1, 0.15) is 0 Å². The molecule has 3 N–H and O–H groups in total. The first-order chi connectivity index (χ1) is 8.90. The molecule has 2 rings (SSSR count). The zero-order chi connectivity index (χ0) is 14.0. The first-order valence-electron chi connectivity index (χ1n) is 5.54. The van der Waals surface area contributed by atoms with Gasteiger partial charge in [0.25, 0.3) is 5.91 Å². The summed E-state index contributed by atoms with van der Waals surface area (Å²) >= 11 is 0. The summed E-state index contributed by atoms with van der Waals surface area (Å²) in [5.74, 6) is -0.898. The van der Waals surface area contributed by atoms with Gasteiger partial charge in [-0.15, -0.1) is 0 Å². The molecule has 1 aliphatic rings. The highest BCUT2D eigenvalue weighted by molar-refractivity contribution is 5.95. The number of carboxylic acid groups (broad SMARTS) is 1. The molecule has 0 bridgehead atoms. The molecule has 1 atom stereocenters. The molecule has 0 fully saturated rings. The lowest BCUT2D eigenvalue weighted by Crippen LogP contribution is -2.46. The van der Waals surface area contributed by atoms with Crippen molar-refractivity contribution in [1.82, 2.24) is 5.32 Å². The van der Waals surface area contributed by atoms with Crippen molar-refractivity contribution in [2.24, 2.45) is 0 Å². The summed E-state index contributed by atoms with van der Waals surface area (Å²) < 4.78 is 10.2. The van der Waals surface area contributed by atoms with E-state index in [4.69, 9.17) is 14.6 Å². The first kappa shape index (κ1) is 13.2. The van der Waals surface area contributed by atoms with Gasteiger partial charge in [0.05, 0.1) is 6.54 Å². The quantitative estimate of drug-likeness (QED) is 0.708. The fourth-order valence-electron chi connectivity index (χ4n) is 1.47. The topological polar surface area (TPSA) is 105 Å². The number of amides is 1. The van der Waals surface area contributed by atoms with Crippen molar-refractivity contribution in [2.45, 2.75) is 12.5 Å². The fourth-order valence-corrected chi connectivity index (χ4v) is 1.47. The summed E-state index contributed by atoms with van der Waals surface area (Å²) in [6, 6.07) is 4.61. The van der Waals surface area contributed by atoms with Crippen molar-refractivity contribution in [3.63, 3.8) is 0 Å². The van der Waals surface area contributed by atoms with E-state index < -0.39 is 24.0 Å². The second-order valence-electron chi connectivity index (χ2n) is 4.33. The zero-order valence-corrected chi connectivity index (χ0v) is 10.2. The number of rotatable bonds is 4. The lowest BCUT2D eigenvalue weighted by Gasteiger charge is -2.18. The number of aliphatic carboxylic acids is 1. The molecule has 7 nitrogen and oxygen atoms in total. The van der Waals surface area contributed by atoms with E-state index >= 15 is 0 Å². The van der Waals surface area contributed by atoms with Gasteiger partial charge in [0.15, 0.2) is 17.1 Å². The predicted molar refractivity (Wildman–Crippen MR) is 63.2 cm³/mol. The SMILES string of the molecule is CC(O)(CNC(=O)c1ccc2c(c1)OCO2)C(=O)O. The van der Waals surface area contributed by atoms with Crippen LogP contribution in [0.2, 0.25) is 0 Å². The molecule has 0 radical (unpaired) electrons. The highest BCUT2D eigenvalue weighted by atomic mass is 16.7. The van der Waals surface area contributed by atoms with Crippen LogP contribution in [0.15, 0.2) is 18.2 Å². The van der Waals surface area contributed by atoms with Crippen LogP contribution in [-0.2, 0) is 4.79 Å². The van der Waals surface area contributed by atoms with Crippen molar-refractivity contribution >= 4 is 11.9 Å². The van der Waals surface area contributed by atoms with E-state index in [9.17, 15) is 14.7 Å². The maximum Gasteiger partial charge on any atom is 0.337 e. The second kappa shape index (κ2) is 4.77. The number of carboxylic acids is 1. The Kier molecular flexibility index (Phi) is 3.30. The minimum absolute atomic E-state index is 0.105. The van der Waals surface area contributed by atoms with Crippen LogP contribution in [0.4, 0.5) is 0 Å². The Balaban J connectivity index is 2.03. The number of hydrogen-bond acceptors (Lipinski definition) is 5. The molecular formula is C12H13NO6. The number of hydrogen-bond donors (Lipinski definition) is 3. The molecule has 7 heteroatoms. The zero-order valence-electron chi connectivity index (χ0n) is 10.2. The molecule has 1 heterocycles. The Morgan fingerprint density at radius 3 is 2.74 bits per heavy atom. The van der Waals surface area contributed by atoms with E-state index in [1.807, 2.05) is 0 Å². The highest BCUT2D eigenvalue weighted by Gasteiger charge is 2.30. The van der Waals surface area contributed by atoms with E-state index in [1.54, 1.807) is 6.07 Å². The van der Waals surface area contributed by atoms with Crippen LogP contribution >= 0.6 is 0 Å². The van der Waals surface area contributed by atoms with Gasteiger partial charge in [0, 0.05) is 5.56 Å². The maximum atomic E-state index is 11.8. The van der Waals surface area contributed by atoms with Gasteiger partial charge >= 0.3 is 5.97 Å². The third-order valence-electron chi connectivity index (χ3n) is 2.69. The van der Waals surface area contributed by atoms with Gasteiger partial charge in [0.2, 0.25) is 6.79 Å². The van der Waals surface area contributed by atoms with Crippen molar-refractivity contribution in [2.75, 3.05) is 13.3 Å². The standard InChI is InChI=1S/C12H13NO6/c1-12(17,11(15)16)5-13-10(14)7-2-3-8-9(4-7)19-6-18-8/h2-4,17H,5-6H2,1H3,(H,13,14)(H,15,16). The summed E-state index contributed by atoms with van der Waals surface area (Å²) in [5, 5.41) is 20.5. The Morgan fingerprint density at radius 2 is 2.05 bits per heavy atom. The maximum absolute atomic E-state index is 11.8. The van der Waals surface area contributed by atoms with Crippen LogP contribution in [0.5, 0.6) is 11.5 Å². The van der Waals surface area contributed by atoms with E-state index in [1.165, 1.54) is 12.1 Å². The van der Waals surface area contributed by atoms with Gasteiger partial charge in [-0.05, 0) is 25.1 Å². The van der Waals surface area contributed by atoms with E-state index in [-0.39, 0.29) is 6.79 Å². The first-order valence-corrected chi connectivity index (χ1v) is 5.54. The molecule has 1 aromatic rings. The van der Waals surface area contributed by atoms with Crippen molar-refractivity contribution in [3.8, 4) is 11.5 Å². The number of carbonyl (C=O) groups is 2. The van der Waals surface area contributed by atoms with Gasteiger partial charge in [-0.2, -0.15) is 0 Å². The van der Waals surface area contributed by atoms with E-state index in [0.717, 1.165) is 6.92 Å². The van der Waals surface area contributed by atoms with Gasteiger partial charge in [-0.3, -0.25) is 4.79 Å². The fraction of sp³-hybridized carbons (Fsp3) is 0.333. The third kappa shape index (κ3) is 2.76. The molecule has 1 aliphatic heterocycles. The molecule has 1 amide bonds. The van der Waals surface area contributed by atoms with Crippen LogP contribution in [0.1, 0.15) is 17.3 Å². The third-order valence-corrected chi connectivity index (χ3v) is 2.69. The van der Waals surface area contributed by atoms with Crippen molar-refractivity contribution in [3.05, 3.63) is 23.8 Å². The molecule has 102 valence electrons. The van der Waals surface area contributed by atoms with Crippen LogP contribution in [0.25, 0.3) is 0 Å². The Bertz CT molecular complexity index is 525. The Labute approximate surface area is 108 Å². The predicted octanol–water partition coefficient (Wildman–Crippen LogP) is -0.0193. The van der Waals surface area contributed by atoms with E-state index in [2.05, 4.69) is 5.32 Å².